The van der Waals surface area contributed by atoms with Crippen molar-refractivity contribution in [1.29, 1.82) is 0 Å². The molecule has 1 rings (SSSR count). The lowest BCUT2D eigenvalue weighted by molar-refractivity contribution is -0.119. The third-order valence-electron chi connectivity index (χ3n) is 2.95. The van der Waals surface area contributed by atoms with Crippen molar-refractivity contribution in [2.45, 2.75) is 33.6 Å². The van der Waals surface area contributed by atoms with Gasteiger partial charge in [0.25, 0.3) is 0 Å². The number of carbonyl (C=O) groups is 1. The third-order valence-corrected chi connectivity index (χ3v) is 3.15. The summed E-state index contributed by atoms with van der Waals surface area (Å²) >= 11 is 5.03. The monoisotopic (exact) mass is 264 g/mol. The molecule has 0 saturated heterocycles. The van der Waals surface area contributed by atoms with Gasteiger partial charge in [-0.25, -0.2) is 0 Å². The SMILES string of the molecule is CCCC(C)C(=O)Nc1cccc(C)c1C(N)=S. The van der Waals surface area contributed by atoms with Gasteiger partial charge < -0.3 is 11.1 Å². The molecule has 98 valence electrons. The molecular formula is C14H20N2OS. The van der Waals surface area contributed by atoms with Crippen LogP contribution in [0.15, 0.2) is 18.2 Å². The molecule has 0 saturated carbocycles. The van der Waals surface area contributed by atoms with Gasteiger partial charge in [-0.2, -0.15) is 0 Å². The van der Waals surface area contributed by atoms with E-state index in [2.05, 4.69) is 12.2 Å². The Kier molecular flexibility index (Phi) is 5.28. The summed E-state index contributed by atoms with van der Waals surface area (Å²) < 4.78 is 0. The number of nitrogens with one attached hydrogen (secondary N) is 1. The second-order valence-electron chi connectivity index (χ2n) is 4.54. The van der Waals surface area contributed by atoms with Gasteiger partial charge in [0.05, 0.1) is 5.69 Å². The summed E-state index contributed by atoms with van der Waals surface area (Å²) in [5.74, 6) is 0.00894. The maximum Gasteiger partial charge on any atom is 0.227 e. The average molecular weight is 264 g/mol. The molecule has 0 aliphatic rings. The molecule has 0 aliphatic carbocycles. The minimum absolute atomic E-state index is 0.00490. The number of amides is 1. The zero-order valence-corrected chi connectivity index (χ0v) is 11.9. The van der Waals surface area contributed by atoms with Crippen molar-refractivity contribution < 1.29 is 4.79 Å². The zero-order valence-electron chi connectivity index (χ0n) is 11.1. The Labute approximate surface area is 114 Å². The van der Waals surface area contributed by atoms with Gasteiger partial charge in [-0.05, 0) is 25.0 Å². The van der Waals surface area contributed by atoms with Gasteiger partial charge in [0.15, 0.2) is 0 Å². The maximum atomic E-state index is 12.0. The predicted octanol–water partition coefficient (Wildman–Crippen LogP) is 3.00. The Morgan fingerprint density at radius 1 is 1.50 bits per heavy atom. The molecule has 1 aromatic carbocycles. The highest BCUT2D eigenvalue weighted by Gasteiger charge is 2.15. The number of thiocarbonyl (C=S) groups is 1. The van der Waals surface area contributed by atoms with E-state index >= 15 is 0 Å². The molecule has 0 aromatic heterocycles. The number of hydrogen-bond donors (Lipinski definition) is 2. The summed E-state index contributed by atoms with van der Waals surface area (Å²) in [4.78, 5) is 12.3. The molecule has 18 heavy (non-hydrogen) atoms. The van der Waals surface area contributed by atoms with E-state index in [1.54, 1.807) is 0 Å². The van der Waals surface area contributed by atoms with E-state index in [0.717, 1.165) is 24.0 Å². The van der Waals surface area contributed by atoms with Crippen LogP contribution in [0.5, 0.6) is 0 Å². The summed E-state index contributed by atoms with van der Waals surface area (Å²) in [6.45, 7) is 5.92. The Morgan fingerprint density at radius 2 is 2.17 bits per heavy atom. The standard InChI is InChI=1S/C14H20N2OS/c1-4-6-10(3)14(17)16-11-8-5-7-9(2)12(11)13(15)18/h5,7-8,10H,4,6H2,1-3H3,(H2,15,18)(H,16,17). The molecule has 1 amide bonds. The van der Waals surface area contributed by atoms with E-state index in [-0.39, 0.29) is 11.8 Å². The first-order valence-electron chi connectivity index (χ1n) is 6.17. The van der Waals surface area contributed by atoms with Gasteiger partial charge in [-0.3, -0.25) is 4.79 Å². The quantitative estimate of drug-likeness (QED) is 0.804. The predicted molar refractivity (Wildman–Crippen MR) is 79.8 cm³/mol. The third kappa shape index (κ3) is 3.53. The summed E-state index contributed by atoms with van der Waals surface area (Å²) in [5.41, 5.74) is 8.14. The van der Waals surface area contributed by atoms with Crippen molar-refractivity contribution in [3.8, 4) is 0 Å². The van der Waals surface area contributed by atoms with Crippen LogP contribution >= 0.6 is 12.2 Å². The molecule has 3 N–H and O–H groups in total. The number of carbonyl (C=O) groups excluding carboxylic acids is 1. The van der Waals surface area contributed by atoms with E-state index in [0.29, 0.717) is 10.7 Å². The molecular weight excluding hydrogens is 244 g/mol. The van der Waals surface area contributed by atoms with Crippen LogP contribution in [0.3, 0.4) is 0 Å². The first kappa shape index (κ1) is 14.6. The van der Waals surface area contributed by atoms with Gasteiger partial charge in [-0.15, -0.1) is 0 Å². The van der Waals surface area contributed by atoms with Crippen molar-refractivity contribution >= 4 is 28.8 Å². The van der Waals surface area contributed by atoms with E-state index in [1.807, 2.05) is 32.0 Å². The number of aryl methyl sites for hydroxylation is 1. The van der Waals surface area contributed by atoms with Crippen molar-refractivity contribution in [2.75, 3.05) is 5.32 Å². The van der Waals surface area contributed by atoms with Gasteiger partial charge in [0, 0.05) is 11.5 Å². The smallest absolute Gasteiger partial charge is 0.227 e. The van der Waals surface area contributed by atoms with Crippen LogP contribution in [-0.4, -0.2) is 10.9 Å². The van der Waals surface area contributed by atoms with Crippen LogP contribution in [0, 0.1) is 12.8 Å². The van der Waals surface area contributed by atoms with Gasteiger partial charge in [-0.1, -0.05) is 44.6 Å². The first-order valence-corrected chi connectivity index (χ1v) is 6.58. The molecule has 4 heteroatoms. The molecule has 0 bridgehead atoms. The number of rotatable bonds is 5. The van der Waals surface area contributed by atoms with Crippen LogP contribution in [0.25, 0.3) is 0 Å². The normalized spacial score (nSPS) is 11.9. The Bertz CT molecular complexity index is 457. The van der Waals surface area contributed by atoms with Crippen molar-refractivity contribution in [3.05, 3.63) is 29.3 Å². The molecule has 3 nitrogen and oxygen atoms in total. The maximum absolute atomic E-state index is 12.0. The molecule has 1 unspecified atom stereocenters. The van der Waals surface area contributed by atoms with Crippen LogP contribution in [-0.2, 0) is 4.79 Å². The second kappa shape index (κ2) is 6.50. The lowest BCUT2D eigenvalue weighted by atomic mass is 10.0. The fourth-order valence-corrected chi connectivity index (χ4v) is 2.19. The van der Waals surface area contributed by atoms with Gasteiger partial charge >= 0.3 is 0 Å². The van der Waals surface area contributed by atoms with E-state index in [9.17, 15) is 4.79 Å². The molecule has 0 heterocycles. The number of hydrogen-bond acceptors (Lipinski definition) is 2. The van der Waals surface area contributed by atoms with E-state index < -0.39 is 0 Å². The molecule has 0 radical (unpaired) electrons. The fraction of sp³-hybridized carbons (Fsp3) is 0.429. The minimum atomic E-state index is -0.00490. The summed E-state index contributed by atoms with van der Waals surface area (Å²) in [6.07, 6.45) is 1.87. The molecule has 1 aromatic rings. The Balaban J connectivity index is 2.94. The van der Waals surface area contributed by atoms with Crippen molar-refractivity contribution in [1.82, 2.24) is 0 Å². The fourth-order valence-electron chi connectivity index (χ4n) is 1.92. The van der Waals surface area contributed by atoms with Gasteiger partial charge in [0.2, 0.25) is 5.91 Å². The highest BCUT2D eigenvalue weighted by atomic mass is 32.1. The van der Waals surface area contributed by atoms with Crippen LogP contribution in [0.1, 0.15) is 37.8 Å². The van der Waals surface area contributed by atoms with E-state index in [4.69, 9.17) is 18.0 Å². The van der Waals surface area contributed by atoms with Gasteiger partial charge in [0.1, 0.15) is 4.99 Å². The first-order chi connectivity index (χ1) is 8.47. The summed E-state index contributed by atoms with van der Waals surface area (Å²) in [6, 6.07) is 5.65. The summed E-state index contributed by atoms with van der Waals surface area (Å²) in [5, 5.41) is 2.91. The molecule has 0 spiro atoms. The Hall–Kier alpha value is -1.42. The van der Waals surface area contributed by atoms with Crippen molar-refractivity contribution in [3.63, 3.8) is 0 Å². The average Bonchev–Trinajstić information content (AvgIpc) is 2.28. The Morgan fingerprint density at radius 3 is 2.72 bits per heavy atom. The largest absolute Gasteiger partial charge is 0.389 e. The molecule has 0 aliphatic heterocycles. The lowest BCUT2D eigenvalue weighted by Gasteiger charge is -2.15. The minimum Gasteiger partial charge on any atom is -0.389 e. The number of nitrogens with two attached hydrogens (primary N) is 1. The highest BCUT2D eigenvalue weighted by molar-refractivity contribution is 7.80. The second-order valence-corrected chi connectivity index (χ2v) is 4.98. The number of anilines is 1. The van der Waals surface area contributed by atoms with E-state index in [1.165, 1.54) is 0 Å². The zero-order chi connectivity index (χ0) is 13.7. The highest BCUT2D eigenvalue weighted by Crippen LogP contribution is 2.20. The van der Waals surface area contributed by atoms with Crippen LogP contribution in [0.2, 0.25) is 0 Å². The number of benzene rings is 1. The molecule has 1 atom stereocenters. The molecule has 0 fully saturated rings. The van der Waals surface area contributed by atoms with Crippen LogP contribution < -0.4 is 11.1 Å². The van der Waals surface area contributed by atoms with Crippen LogP contribution in [0.4, 0.5) is 5.69 Å². The summed E-state index contributed by atoms with van der Waals surface area (Å²) in [7, 11) is 0. The van der Waals surface area contributed by atoms with Crippen molar-refractivity contribution in [2.24, 2.45) is 11.7 Å². The lowest BCUT2D eigenvalue weighted by Crippen LogP contribution is -2.23. The topological polar surface area (TPSA) is 55.1 Å².